The summed E-state index contributed by atoms with van der Waals surface area (Å²) in [6.07, 6.45) is 0. The van der Waals surface area contributed by atoms with Gasteiger partial charge in [0.1, 0.15) is 11.6 Å². The van der Waals surface area contributed by atoms with E-state index in [1.807, 2.05) is 6.92 Å². The van der Waals surface area contributed by atoms with Gasteiger partial charge in [-0.1, -0.05) is 13.8 Å². The molecule has 2 aromatic heterocycles. The van der Waals surface area contributed by atoms with Gasteiger partial charge < -0.3 is 5.73 Å². The Morgan fingerprint density at radius 3 is 2.47 bits per heavy atom. The van der Waals surface area contributed by atoms with E-state index in [9.17, 15) is 0 Å². The molecule has 0 aromatic carbocycles. The van der Waals surface area contributed by atoms with Gasteiger partial charge in [0, 0.05) is 21.9 Å². The van der Waals surface area contributed by atoms with Crippen molar-refractivity contribution in [1.29, 1.82) is 0 Å². The third-order valence-electron chi connectivity index (χ3n) is 2.83. The SMILES string of the molecule is Cc1sccc1-c1nc(C(C)C)nc(N)c1C. The average molecular weight is 247 g/mol. The van der Waals surface area contributed by atoms with Gasteiger partial charge in [0.2, 0.25) is 0 Å². The van der Waals surface area contributed by atoms with Crippen molar-refractivity contribution in [2.24, 2.45) is 0 Å². The molecule has 2 rings (SSSR count). The maximum Gasteiger partial charge on any atom is 0.133 e. The van der Waals surface area contributed by atoms with Crippen LogP contribution in [0.15, 0.2) is 11.4 Å². The summed E-state index contributed by atoms with van der Waals surface area (Å²) < 4.78 is 0. The Morgan fingerprint density at radius 2 is 1.94 bits per heavy atom. The zero-order valence-electron chi connectivity index (χ0n) is 10.6. The van der Waals surface area contributed by atoms with Gasteiger partial charge in [-0.15, -0.1) is 11.3 Å². The van der Waals surface area contributed by atoms with Crippen molar-refractivity contribution in [1.82, 2.24) is 9.97 Å². The van der Waals surface area contributed by atoms with E-state index in [2.05, 4.69) is 42.2 Å². The van der Waals surface area contributed by atoms with Crippen LogP contribution in [0.25, 0.3) is 11.3 Å². The van der Waals surface area contributed by atoms with Crippen LogP contribution in [0.1, 0.15) is 36.0 Å². The zero-order chi connectivity index (χ0) is 12.6. The summed E-state index contributed by atoms with van der Waals surface area (Å²) in [7, 11) is 0. The van der Waals surface area contributed by atoms with Gasteiger partial charge in [-0.05, 0) is 25.3 Å². The van der Waals surface area contributed by atoms with E-state index in [-0.39, 0.29) is 5.92 Å². The Morgan fingerprint density at radius 1 is 1.24 bits per heavy atom. The highest BCUT2D eigenvalue weighted by molar-refractivity contribution is 7.10. The molecule has 0 amide bonds. The minimum absolute atomic E-state index is 0.288. The maximum atomic E-state index is 5.97. The van der Waals surface area contributed by atoms with Crippen LogP contribution in [0.4, 0.5) is 5.82 Å². The standard InChI is InChI=1S/C13H17N3S/c1-7(2)13-15-11(8(3)12(14)16-13)10-5-6-17-9(10)4/h5-7H,1-4H3,(H2,14,15,16). The molecular weight excluding hydrogens is 230 g/mol. The minimum atomic E-state index is 0.288. The van der Waals surface area contributed by atoms with Crippen molar-refractivity contribution >= 4 is 17.2 Å². The molecule has 0 aliphatic carbocycles. The molecule has 0 saturated carbocycles. The van der Waals surface area contributed by atoms with E-state index in [1.165, 1.54) is 10.4 Å². The molecule has 90 valence electrons. The third-order valence-corrected chi connectivity index (χ3v) is 3.68. The number of nitrogen functional groups attached to an aromatic ring is 1. The average Bonchev–Trinajstić information content (AvgIpc) is 2.68. The van der Waals surface area contributed by atoms with Crippen LogP contribution in [0, 0.1) is 13.8 Å². The quantitative estimate of drug-likeness (QED) is 0.883. The molecule has 0 radical (unpaired) electrons. The lowest BCUT2D eigenvalue weighted by Gasteiger charge is -2.11. The van der Waals surface area contributed by atoms with Crippen LogP contribution in [0.5, 0.6) is 0 Å². The second-order valence-electron chi connectivity index (χ2n) is 4.49. The van der Waals surface area contributed by atoms with E-state index in [4.69, 9.17) is 5.73 Å². The van der Waals surface area contributed by atoms with Gasteiger partial charge in [-0.2, -0.15) is 0 Å². The van der Waals surface area contributed by atoms with Crippen LogP contribution in [0.3, 0.4) is 0 Å². The number of nitrogens with zero attached hydrogens (tertiary/aromatic N) is 2. The summed E-state index contributed by atoms with van der Waals surface area (Å²) in [5.74, 6) is 1.69. The molecule has 2 heterocycles. The van der Waals surface area contributed by atoms with Crippen molar-refractivity contribution in [2.75, 3.05) is 5.73 Å². The molecule has 0 unspecified atom stereocenters. The number of hydrogen-bond acceptors (Lipinski definition) is 4. The van der Waals surface area contributed by atoms with E-state index < -0.39 is 0 Å². The first-order valence-corrected chi connectivity index (χ1v) is 6.57. The van der Waals surface area contributed by atoms with E-state index in [0.717, 1.165) is 17.1 Å². The lowest BCUT2D eigenvalue weighted by molar-refractivity contribution is 0.776. The number of thiophene rings is 1. The first-order valence-electron chi connectivity index (χ1n) is 5.69. The Hall–Kier alpha value is -1.42. The fourth-order valence-corrected chi connectivity index (χ4v) is 2.40. The van der Waals surface area contributed by atoms with Crippen LogP contribution in [-0.4, -0.2) is 9.97 Å². The predicted octanol–water partition coefficient (Wildman–Crippen LogP) is 3.53. The predicted molar refractivity (Wildman–Crippen MR) is 73.3 cm³/mol. The molecule has 4 heteroatoms. The molecule has 0 aliphatic rings. The van der Waals surface area contributed by atoms with E-state index in [0.29, 0.717) is 5.82 Å². The van der Waals surface area contributed by atoms with Crippen molar-refractivity contribution in [2.45, 2.75) is 33.6 Å². The summed E-state index contributed by atoms with van der Waals surface area (Å²) in [4.78, 5) is 10.3. The Bertz CT molecular complexity index is 544. The summed E-state index contributed by atoms with van der Waals surface area (Å²) in [5, 5.41) is 2.08. The summed E-state index contributed by atoms with van der Waals surface area (Å²) >= 11 is 1.73. The fraction of sp³-hybridized carbons (Fsp3) is 0.385. The Labute approximate surface area is 106 Å². The monoisotopic (exact) mass is 247 g/mol. The van der Waals surface area contributed by atoms with Crippen molar-refractivity contribution in [3.05, 3.63) is 27.7 Å². The number of hydrogen-bond donors (Lipinski definition) is 1. The van der Waals surface area contributed by atoms with Crippen LogP contribution in [-0.2, 0) is 0 Å². The van der Waals surface area contributed by atoms with Crippen LogP contribution >= 0.6 is 11.3 Å². The number of aryl methyl sites for hydroxylation is 1. The van der Waals surface area contributed by atoms with Gasteiger partial charge in [-0.25, -0.2) is 9.97 Å². The van der Waals surface area contributed by atoms with E-state index in [1.54, 1.807) is 11.3 Å². The number of nitrogens with two attached hydrogens (primary N) is 1. The summed E-state index contributed by atoms with van der Waals surface area (Å²) in [6.45, 7) is 8.24. The largest absolute Gasteiger partial charge is 0.383 e. The summed E-state index contributed by atoms with van der Waals surface area (Å²) in [6, 6.07) is 2.10. The molecule has 0 atom stereocenters. The fourth-order valence-electron chi connectivity index (χ4n) is 1.70. The normalized spacial score (nSPS) is 11.1. The van der Waals surface area contributed by atoms with Crippen LogP contribution < -0.4 is 5.73 Å². The highest BCUT2D eigenvalue weighted by Gasteiger charge is 2.14. The third kappa shape index (κ3) is 2.17. The molecule has 0 fully saturated rings. The second-order valence-corrected chi connectivity index (χ2v) is 5.61. The summed E-state index contributed by atoms with van der Waals surface area (Å²) in [5.41, 5.74) is 9.08. The van der Waals surface area contributed by atoms with Gasteiger partial charge in [0.15, 0.2) is 0 Å². The molecule has 0 saturated heterocycles. The molecular formula is C13H17N3S. The molecule has 0 aliphatic heterocycles. The Kier molecular flexibility index (Phi) is 3.15. The van der Waals surface area contributed by atoms with Crippen molar-refractivity contribution in [3.8, 4) is 11.3 Å². The second kappa shape index (κ2) is 4.45. The van der Waals surface area contributed by atoms with Crippen LogP contribution in [0.2, 0.25) is 0 Å². The number of aromatic nitrogens is 2. The molecule has 0 spiro atoms. The number of rotatable bonds is 2. The van der Waals surface area contributed by atoms with Crippen molar-refractivity contribution < 1.29 is 0 Å². The topological polar surface area (TPSA) is 51.8 Å². The molecule has 2 N–H and O–H groups in total. The highest BCUT2D eigenvalue weighted by Crippen LogP contribution is 2.31. The maximum absolute atomic E-state index is 5.97. The van der Waals surface area contributed by atoms with E-state index >= 15 is 0 Å². The lowest BCUT2D eigenvalue weighted by atomic mass is 10.1. The molecule has 2 aromatic rings. The molecule has 3 nitrogen and oxygen atoms in total. The minimum Gasteiger partial charge on any atom is -0.383 e. The molecule has 17 heavy (non-hydrogen) atoms. The van der Waals surface area contributed by atoms with Gasteiger partial charge in [0.25, 0.3) is 0 Å². The van der Waals surface area contributed by atoms with Gasteiger partial charge in [-0.3, -0.25) is 0 Å². The van der Waals surface area contributed by atoms with Crippen molar-refractivity contribution in [3.63, 3.8) is 0 Å². The first-order chi connectivity index (χ1) is 8.00. The highest BCUT2D eigenvalue weighted by atomic mass is 32.1. The lowest BCUT2D eigenvalue weighted by Crippen LogP contribution is -2.06. The van der Waals surface area contributed by atoms with Gasteiger partial charge >= 0.3 is 0 Å². The first kappa shape index (κ1) is 12.0. The molecule has 0 bridgehead atoms. The smallest absolute Gasteiger partial charge is 0.133 e. The Balaban J connectivity index is 2.65. The number of anilines is 1. The zero-order valence-corrected chi connectivity index (χ0v) is 11.4. The van der Waals surface area contributed by atoms with Gasteiger partial charge in [0.05, 0.1) is 5.69 Å².